The summed E-state index contributed by atoms with van der Waals surface area (Å²) in [4.78, 5) is 8.47. The van der Waals surface area contributed by atoms with Gasteiger partial charge in [-0.05, 0) is 94.1 Å². The van der Waals surface area contributed by atoms with Gasteiger partial charge in [-0.1, -0.05) is 125 Å². The highest BCUT2D eigenvalue weighted by molar-refractivity contribution is 7.24. The second-order valence-corrected chi connectivity index (χ2v) is 16.1. The third-order valence-electron chi connectivity index (χ3n) is 8.57. The summed E-state index contributed by atoms with van der Waals surface area (Å²) in [6.45, 7) is 4.57. The minimum absolute atomic E-state index is 1.17. The minimum atomic E-state index is 1.17. The molecule has 0 amide bonds. The summed E-state index contributed by atoms with van der Waals surface area (Å²) < 4.78 is 0. The van der Waals surface area contributed by atoms with Crippen LogP contribution in [0.3, 0.4) is 0 Å². The molecule has 0 unspecified atom stereocenters. The van der Waals surface area contributed by atoms with Gasteiger partial charge in [0.1, 0.15) is 0 Å². The molecule has 0 saturated carbocycles. The highest BCUT2D eigenvalue weighted by atomic mass is 32.1. The van der Waals surface area contributed by atoms with E-state index in [2.05, 4.69) is 122 Å². The van der Waals surface area contributed by atoms with E-state index in [4.69, 9.17) is 0 Å². The average Bonchev–Trinajstić information content (AvgIpc) is 3.92. The maximum Gasteiger partial charge on any atom is 0.0481 e. The van der Waals surface area contributed by atoms with E-state index in [9.17, 15) is 0 Å². The van der Waals surface area contributed by atoms with Crippen molar-refractivity contribution >= 4 is 57.5 Å². The standard InChI is InChI=1S/C42H44S4/c1-3-5-7-9-13-35-29-39(45-41(35)37-15-11-27-43-37)33-23-19-31(20-24-33)17-18-32-21-25-34(26-22-32)40-30-36(14-10-8-6-4-2)42(46-40)38-16-12-28-44-38/h11-12,15-30H,3-10,13-14H2,1-2H3. The molecule has 0 bridgehead atoms. The Morgan fingerprint density at radius 1 is 0.478 bits per heavy atom. The van der Waals surface area contributed by atoms with E-state index in [1.807, 2.05) is 45.3 Å². The van der Waals surface area contributed by atoms with Crippen LogP contribution < -0.4 is 0 Å². The van der Waals surface area contributed by atoms with Crippen LogP contribution in [-0.2, 0) is 12.8 Å². The Morgan fingerprint density at radius 3 is 1.28 bits per heavy atom. The highest BCUT2D eigenvalue weighted by Crippen LogP contribution is 2.42. The van der Waals surface area contributed by atoms with Crippen LogP contribution in [-0.4, -0.2) is 0 Å². The fourth-order valence-corrected chi connectivity index (χ4v) is 10.1. The monoisotopic (exact) mass is 676 g/mol. The van der Waals surface area contributed by atoms with Crippen LogP contribution >= 0.6 is 45.3 Å². The van der Waals surface area contributed by atoms with Crippen molar-refractivity contribution in [3.05, 3.63) is 118 Å². The maximum atomic E-state index is 2.45. The lowest BCUT2D eigenvalue weighted by Gasteiger charge is -2.01. The Labute approximate surface area is 292 Å². The van der Waals surface area contributed by atoms with Gasteiger partial charge in [-0.15, -0.1) is 45.3 Å². The molecule has 0 fully saturated rings. The molecule has 0 spiro atoms. The van der Waals surface area contributed by atoms with Crippen molar-refractivity contribution in [2.75, 3.05) is 0 Å². The molecule has 4 aromatic heterocycles. The molecule has 0 aliphatic carbocycles. The van der Waals surface area contributed by atoms with Crippen LogP contribution in [0.15, 0.2) is 95.7 Å². The first-order chi connectivity index (χ1) is 22.7. The number of hydrogen-bond donors (Lipinski definition) is 0. The predicted octanol–water partition coefficient (Wildman–Crippen LogP) is 15.0. The first kappa shape index (κ1) is 32.9. The zero-order valence-electron chi connectivity index (χ0n) is 27.1. The Morgan fingerprint density at radius 2 is 0.913 bits per heavy atom. The lowest BCUT2D eigenvalue weighted by molar-refractivity contribution is 0.668. The second kappa shape index (κ2) is 16.7. The molecule has 6 rings (SSSR count). The number of benzene rings is 2. The van der Waals surface area contributed by atoms with Crippen LogP contribution in [0, 0.1) is 0 Å². The van der Waals surface area contributed by atoms with Crippen molar-refractivity contribution in [1.82, 2.24) is 0 Å². The molecule has 46 heavy (non-hydrogen) atoms. The molecule has 2 aromatic carbocycles. The van der Waals surface area contributed by atoms with E-state index >= 15 is 0 Å². The molecule has 4 heterocycles. The summed E-state index contributed by atoms with van der Waals surface area (Å²) >= 11 is 7.61. The molecule has 0 aliphatic heterocycles. The van der Waals surface area contributed by atoms with Gasteiger partial charge in [0, 0.05) is 29.3 Å². The number of rotatable bonds is 16. The zero-order chi connectivity index (χ0) is 31.6. The van der Waals surface area contributed by atoms with Crippen LogP contribution in [0.5, 0.6) is 0 Å². The Kier molecular flexibility index (Phi) is 11.9. The van der Waals surface area contributed by atoms with E-state index < -0.39 is 0 Å². The van der Waals surface area contributed by atoms with Crippen molar-refractivity contribution in [2.45, 2.75) is 78.1 Å². The molecule has 0 atom stereocenters. The summed E-state index contributed by atoms with van der Waals surface area (Å²) in [5, 5.41) is 4.39. The van der Waals surface area contributed by atoms with Crippen LogP contribution in [0.2, 0.25) is 0 Å². The smallest absolute Gasteiger partial charge is 0.0481 e. The number of unbranched alkanes of at least 4 members (excludes halogenated alkanes) is 6. The molecule has 4 heteroatoms. The molecule has 0 nitrogen and oxygen atoms in total. The van der Waals surface area contributed by atoms with E-state index in [0.29, 0.717) is 0 Å². The summed E-state index contributed by atoms with van der Waals surface area (Å²) in [7, 11) is 0. The normalized spacial score (nSPS) is 11.6. The summed E-state index contributed by atoms with van der Waals surface area (Å²) in [5.74, 6) is 0. The van der Waals surface area contributed by atoms with Gasteiger partial charge >= 0.3 is 0 Å². The van der Waals surface area contributed by atoms with Gasteiger partial charge in [0.15, 0.2) is 0 Å². The highest BCUT2D eigenvalue weighted by Gasteiger charge is 2.15. The molecule has 236 valence electrons. The lowest BCUT2D eigenvalue weighted by Crippen LogP contribution is -1.85. The first-order valence-corrected chi connectivity index (χ1v) is 20.3. The third kappa shape index (κ3) is 8.46. The third-order valence-corrected chi connectivity index (χ3v) is 13.1. The van der Waals surface area contributed by atoms with Crippen molar-refractivity contribution < 1.29 is 0 Å². The zero-order valence-corrected chi connectivity index (χ0v) is 30.4. The van der Waals surface area contributed by atoms with Gasteiger partial charge < -0.3 is 0 Å². The molecular formula is C42H44S4. The van der Waals surface area contributed by atoms with Gasteiger partial charge in [-0.2, -0.15) is 0 Å². The predicted molar refractivity (Wildman–Crippen MR) is 211 cm³/mol. The van der Waals surface area contributed by atoms with E-state index in [1.165, 1.54) is 127 Å². The molecule has 0 aliphatic rings. The van der Waals surface area contributed by atoms with Gasteiger partial charge in [0.2, 0.25) is 0 Å². The Bertz CT molecular complexity index is 1640. The number of hydrogen-bond acceptors (Lipinski definition) is 4. The molecule has 6 aromatic rings. The van der Waals surface area contributed by atoms with Crippen LogP contribution in [0.1, 0.15) is 87.5 Å². The van der Waals surface area contributed by atoms with Crippen molar-refractivity contribution in [2.24, 2.45) is 0 Å². The van der Waals surface area contributed by atoms with Crippen molar-refractivity contribution in [3.8, 4) is 40.4 Å². The maximum absolute atomic E-state index is 2.45. The molecule has 0 saturated heterocycles. The van der Waals surface area contributed by atoms with Crippen LogP contribution in [0.25, 0.3) is 52.5 Å². The molecule has 0 N–H and O–H groups in total. The molecule has 0 radical (unpaired) electrons. The van der Waals surface area contributed by atoms with Gasteiger partial charge in [0.05, 0.1) is 0 Å². The van der Waals surface area contributed by atoms with Crippen molar-refractivity contribution in [1.29, 1.82) is 0 Å². The second-order valence-electron chi connectivity index (χ2n) is 12.1. The van der Waals surface area contributed by atoms with Gasteiger partial charge in [-0.25, -0.2) is 0 Å². The summed E-state index contributed by atoms with van der Waals surface area (Å²) in [5.41, 5.74) is 8.11. The first-order valence-electron chi connectivity index (χ1n) is 16.9. The quantitative estimate of drug-likeness (QED) is 0.0707. The largest absolute Gasteiger partial charge is 0.143 e. The average molecular weight is 677 g/mol. The Balaban J connectivity index is 1.13. The summed E-state index contributed by atoms with van der Waals surface area (Å²) in [6, 6.07) is 32.0. The van der Waals surface area contributed by atoms with Gasteiger partial charge in [0.25, 0.3) is 0 Å². The van der Waals surface area contributed by atoms with E-state index in [-0.39, 0.29) is 0 Å². The summed E-state index contributed by atoms with van der Waals surface area (Å²) in [6.07, 6.45) is 17.2. The lowest BCUT2D eigenvalue weighted by atomic mass is 10.0. The van der Waals surface area contributed by atoms with Crippen LogP contribution in [0.4, 0.5) is 0 Å². The van der Waals surface area contributed by atoms with E-state index in [1.54, 1.807) is 0 Å². The number of aryl methyl sites for hydroxylation is 2. The fourth-order valence-electron chi connectivity index (χ4n) is 5.94. The topological polar surface area (TPSA) is 0 Å². The minimum Gasteiger partial charge on any atom is -0.143 e. The van der Waals surface area contributed by atoms with Gasteiger partial charge in [-0.3, -0.25) is 0 Å². The number of thiophene rings is 4. The molecular weight excluding hydrogens is 633 g/mol. The SMILES string of the molecule is CCCCCCc1cc(-c2ccc(C=Cc3ccc(-c4cc(CCCCCC)c(-c5cccs5)s4)cc3)cc2)sc1-c1cccs1. The Hall–Kier alpha value is -3.02. The van der Waals surface area contributed by atoms with Crippen molar-refractivity contribution in [3.63, 3.8) is 0 Å². The van der Waals surface area contributed by atoms with E-state index in [0.717, 1.165) is 0 Å². The fraction of sp³-hybridized carbons (Fsp3) is 0.286.